The number of hydrogen-bond acceptors (Lipinski definition) is 13. The molecule has 0 spiro atoms. The molecule has 22 heteroatoms. The lowest BCUT2D eigenvalue weighted by atomic mass is 10.0. The summed E-state index contributed by atoms with van der Waals surface area (Å²) in [6.07, 6.45) is 1.37. The Labute approximate surface area is 371 Å². The summed E-state index contributed by atoms with van der Waals surface area (Å²) in [5.41, 5.74) is 13.2. The minimum atomic E-state index is -1.08. The van der Waals surface area contributed by atoms with Gasteiger partial charge in [0.25, 0.3) is 5.91 Å². The first-order valence-electron chi connectivity index (χ1n) is 21.1. The van der Waals surface area contributed by atoms with E-state index in [2.05, 4.69) is 10.3 Å². The number of anilines is 1. The molecule has 2 heterocycles. The smallest absolute Gasteiger partial charge is 0.317 e. The summed E-state index contributed by atoms with van der Waals surface area (Å²) in [5.74, 6) is -4.72. The van der Waals surface area contributed by atoms with Crippen LogP contribution >= 0.6 is 0 Å². The van der Waals surface area contributed by atoms with Gasteiger partial charge >= 0.3 is 23.9 Å². The number of guanidine groups is 1. The molecule has 2 aliphatic rings. The first-order chi connectivity index (χ1) is 30.6. The van der Waals surface area contributed by atoms with Crippen molar-refractivity contribution in [1.82, 2.24) is 29.8 Å². The molecule has 1 saturated heterocycles. The molecular weight excluding hydrogens is 837 g/mol. The van der Waals surface area contributed by atoms with Crippen LogP contribution in [-0.2, 0) is 41.7 Å². The maximum Gasteiger partial charge on any atom is 0.317 e. The Hall–Kier alpha value is -6.36. The minimum Gasteiger partial charge on any atom is -0.494 e. The third-order valence-corrected chi connectivity index (χ3v) is 10.6. The second-order valence-electron chi connectivity index (χ2n) is 15.6. The number of nitrogens with zero attached hydrogens (tertiary/aromatic N) is 7. The van der Waals surface area contributed by atoms with Gasteiger partial charge in [-0.3, -0.25) is 58.2 Å². The maximum atomic E-state index is 13.7. The average Bonchev–Trinajstić information content (AvgIpc) is 3.32. The number of carbonyl (C=O) groups excluding carboxylic acids is 3. The number of nitrogens with one attached hydrogen (secondary N) is 1. The van der Waals surface area contributed by atoms with Crippen LogP contribution in [0.15, 0.2) is 47.5 Å². The fourth-order valence-electron chi connectivity index (χ4n) is 7.25. The Bertz CT molecular complexity index is 1930. The molecule has 2 aliphatic heterocycles. The Balaban J connectivity index is 1.32. The van der Waals surface area contributed by atoms with Crippen molar-refractivity contribution < 1.29 is 58.7 Å². The van der Waals surface area contributed by atoms with Gasteiger partial charge in [0.2, 0.25) is 11.8 Å². The van der Waals surface area contributed by atoms with Crippen LogP contribution in [0.4, 0.5) is 5.69 Å². The van der Waals surface area contributed by atoms with Crippen molar-refractivity contribution in [2.24, 2.45) is 16.5 Å². The Morgan fingerprint density at radius 2 is 1.22 bits per heavy atom. The van der Waals surface area contributed by atoms with Crippen molar-refractivity contribution in [2.45, 2.75) is 32.2 Å². The van der Waals surface area contributed by atoms with Crippen molar-refractivity contribution >= 4 is 53.2 Å². The molecule has 0 radical (unpaired) electrons. The number of benzene rings is 2. The van der Waals surface area contributed by atoms with Gasteiger partial charge in [0.15, 0.2) is 5.96 Å². The van der Waals surface area contributed by atoms with Gasteiger partial charge in [-0.2, -0.15) is 0 Å². The molecular formula is C42H60N10O12. The van der Waals surface area contributed by atoms with E-state index >= 15 is 0 Å². The van der Waals surface area contributed by atoms with E-state index in [0.717, 1.165) is 11.1 Å². The SMILES string of the molecule is NC(N)=NCCCc1ccc2c(c1)N(Cc1ccc(OCCCNC(=O)CN3CCN(CC(=O)O)CCN(CC(=O)O)CCN(CC(=O)O)CC3)cc1)C(=O)CN(CCC(=O)O)C2=O. The standard InChI is InChI=1S/C42H60N10O12/c43-42(44)46-11-1-3-30-6-9-33-34(23-30)52(36(54)26-51(41(33)63)13-10-37(55)56)24-31-4-7-32(8-5-31)64-22-2-12-45-35(53)25-47-14-16-48(27-38(57)58)18-20-50(29-40(61)62)21-19-49(17-15-47)28-39(59)60/h4-9,23H,1-3,10-22,24-29H2,(H,45,53)(H,55,56)(H,57,58)(H,59,60)(H,61,62)(H4,43,44,46). The van der Waals surface area contributed by atoms with Gasteiger partial charge in [-0.1, -0.05) is 18.2 Å². The number of aryl methyl sites for hydroxylation is 1. The summed E-state index contributed by atoms with van der Waals surface area (Å²) >= 11 is 0. The molecule has 2 aromatic carbocycles. The molecule has 2 aromatic rings. The van der Waals surface area contributed by atoms with Gasteiger partial charge < -0.3 is 51.7 Å². The van der Waals surface area contributed by atoms with Crippen molar-refractivity contribution in [1.29, 1.82) is 0 Å². The number of aliphatic imine (C=N–C) groups is 1. The van der Waals surface area contributed by atoms with E-state index in [-0.39, 0.29) is 108 Å². The highest BCUT2D eigenvalue weighted by Gasteiger charge is 2.32. The number of amides is 3. The molecule has 22 nitrogen and oxygen atoms in total. The van der Waals surface area contributed by atoms with Gasteiger partial charge in [-0.15, -0.1) is 0 Å². The number of nitrogens with two attached hydrogens (primary N) is 2. The number of rotatable bonds is 22. The fourth-order valence-corrected chi connectivity index (χ4v) is 7.25. The molecule has 3 amide bonds. The normalized spacial score (nSPS) is 16.2. The number of carboxylic acid groups (broad SMARTS) is 4. The fraction of sp³-hybridized carbons (Fsp3) is 0.524. The van der Waals surface area contributed by atoms with Gasteiger partial charge in [0.05, 0.1) is 57.0 Å². The average molecular weight is 897 g/mol. The third-order valence-electron chi connectivity index (χ3n) is 10.6. The van der Waals surface area contributed by atoms with Crippen LogP contribution in [0.3, 0.4) is 0 Å². The molecule has 350 valence electrons. The first-order valence-corrected chi connectivity index (χ1v) is 21.1. The molecule has 0 aliphatic carbocycles. The van der Waals surface area contributed by atoms with Crippen LogP contribution in [0.25, 0.3) is 0 Å². The van der Waals surface area contributed by atoms with E-state index in [4.69, 9.17) is 16.2 Å². The van der Waals surface area contributed by atoms with Crippen molar-refractivity contribution in [3.05, 3.63) is 59.2 Å². The van der Waals surface area contributed by atoms with Crippen LogP contribution in [0.1, 0.15) is 40.7 Å². The number of aliphatic carboxylic acids is 4. The lowest BCUT2D eigenvalue weighted by Crippen LogP contribution is -2.49. The van der Waals surface area contributed by atoms with E-state index in [0.29, 0.717) is 70.0 Å². The summed E-state index contributed by atoms with van der Waals surface area (Å²) in [6, 6.07) is 12.4. The number of hydrogen-bond donors (Lipinski definition) is 7. The van der Waals surface area contributed by atoms with Gasteiger partial charge in [0, 0.05) is 72.0 Å². The second kappa shape index (κ2) is 25.7. The minimum absolute atomic E-state index is 0.00542. The van der Waals surface area contributed by atoms with Crippen LogP contribution in [0.2, 0.25) is 0 Å². The summed E-state index contributed by atoms with van der Waals surface area (Å²) in [4.78, 5) is 99.9. The molecule has 4 rings (SSSR count). The Morgan fingerprint density at radius 1 is 0.688 bits per heavy atom. The zero-order valence-electron chi connectivity index (χ0n) is 35.9. The van der Waals surface area contributed by atoms with Gasteiger partial charge in [0.1, 0.15) is 12.3 Å². The van der Waals surface area contributed by atoms with Gasteiger partial charge in [-0.25, -0.2) is 0 Å². The zero-order chi connectivity index (χ0) is 46.6. The molecule has 0 atom stereocenters. The number of fused-ring (bicyclic) bond motifs is 1. The predicted molar refractivity (Wildman–Crippen MR) is 233 cm³/mol. The van der Waals surface area contributed by atoms with E-state index in [9.17, 15) is 54.0 Å². The van der Waals surface area contributed by atoms with Gasteiger partial charge in [-0.05, 0) is 54.7 Å². The highest BCUT2D eigenvalue weighted by Crippen LogP contribution is 2.30. The lowest BCUT2D eigenvalue weighted by molar-refractivity contribution is -0.140. The largest absolute Gasteiger partial charge is 0.494 e. The monoisotopic (exact) mass is 896 g/mol. The van der Waals surface area contributed by atoms with E-state index < -0.39 is 29.8 Å². The Morgan fingerprint density at radius 3 is 1.73 bits per heavy atom. The first kappa shape index (κ1) is 50.3. The Kier molecular flexibility index (Phi) is 20.2. The van der Waals surface area contributed by atoms with Crippen LogP contribution in [0, 0.1) is 0 Å². The summed E-state index contributed by atoms with van der Waals surface area (Å²) in [7, 11) is 0. The summed E-state index contributed by atoms with van der Waals surface area (Å²) < 4.78 is 5.92. The van der Waals surface area contributed by atoms with E-state index in [1.807, 2.05) is 4.90 Å². The maximum absolute atomic E-state index is 13.7. The summed E-state index contributed by atoms with van der Waals surface area (Å²) in [5, 5.41) is 40.4. The second-order valence-corrected chi connectivity index (χ2v) is 15.6. The van der Waals surface area contributed by atoms with Crippen molar-refractivity contribution in [2.75, 3.05) is 116 Å². The summed E-state index contributed by atoms with van der Waals surface area (Å²) in [6.45, 7) is 2.25. The highest BCUT2D eigenvalue weighted by atomic mass is 16.5. The molecule has 64 heavy (non-hydrogen) atoms. The lowest BCUT2D eigenvalue weighted by Gasteiger charge is -2.32. The zero-order valence-corrected chi connectivity index (χ0v) is 35.9. The molecule has 0 saturated carbocycles. The van der Waals surface area contributed by atoms with E-state index in [1.54, 1.807) is 57.2 Å². The number of ether oxygens (including phenoxy) is 1. The molecule has 1 fully saturated rings. The van der Waals surface area contributed by atoms with Crippen LogP contribution in [-0.4, -0.2) is 204 Å². The molecule has 9 N–H and O–H groups in total. The molecule has 0 unspecified atom stereocenters. The van der Waals surface area contributed by atoms with Crippen molar-refractivity contribution in [3.8, 4) is 5.75 Å². The van der Waals surface area contributed by atoms with E-state index in [1.165, 1.54) is 9.80 Å². The molecule has 0 bridgehead atoms. The molecule has 0 aromatic heterocycles. The number of carboxylic acids is 4. The van der Waals surface area contributed by atoms with Crippen molar-refractivity contribution in [3.63, 3.8) is 0 Å². The third kappa shape index (κ3) is 17.8. The highest BCUT2D eigenvalue weighted by molar-refractivity contribution is 6.09. The quantitative estimate of drug-likeness (QED) is 0.0411. The van der Waals surface area contributed by atoms with Crippen LogP contribution < -0.4 is 26.4 Å². The topological polar surface area (TPSA) is 306 Å². The number of carbonyl (C=O) groups is 7. The van der Waals surface area contributed by atoms with Crippen LogP contribution in [0.5, 0.6) is 5.75 Å². The predicted octanol–water partition coefficient (Wildman–Crippen LogP) is -1.28.